The average Bonchev–Trinajstić information content (AvgIpc) is 2.39. The van der Waals surface area contributed by atoms with E-state index in [4.69, 9.17) is 5.11 Å². The Morgan fingerprint density at radius 2 is 1.89 bits per heavy atom. The molecule has 1 aromatic heterocycles. The molecular weight excluding hydrogens is 244 g/mol. The van der Waals surface area contributed by atoms with Crippen molar-refractivity contribution in [2.45, 2.75) is 0 Å². The summed E-state index contributed by atoms with van der Waals surface area (Å²) in [6, 6.07) is 9.01. The SMILES string of the molecule is CN(C)c1ccc(Nc2nccc(C(=O)O)n2)cc1. The summed E-state index contributed by atoms with van der Waals surface area (Å²) in [5.74, 6) is -0.814. The summed E-state index contributed by atoms with van der Waals surface area (Å²) >= 11 is 0. The first-order chi connectivity index (χ1) is 9.06. The Labute approximate surface area is 110 Å². The first kappa shape index (κ1) is 12.8. The molecule has 0 saturated heterocycles. The normalized spacial score (nSPS) is 10.0. The summed E-state index contributed by atoms with van der Waals surface area (Å²) in [7, 11) is 3.92. The third-order valence-electron chi connectivity index (χ3n) is 2.51. The third kappa shape index (κ3) is 3.19. The topological polar surface area (TPSA) is 78.4 Å². The van der Waals surface area contributed by atoms with Gasteiger partial charge in [-0.25, -0.2) is 14.8 Å². The van der Waals surface area contributed by atoms with Gasteiger partial charge in [0.1, 0.15) is 0 Å². The van der Waals surface area contributed by atoms with Gasteiger partial charge in [-0.3, -0.25) is 0 Å². The van der Waals surface area contributed by atoms with Crippen molar-refractivity contribution in [3.63, 3.8) is 0 Å². The highest BCUT2D eigenvalue weighted by Gasteiger charge is 2.06. The zero-order valence-corrected chi connectivity index (χ0v) is 10.7. The molecule has 1 heterocycles. The minimum absolute atomic E-state index is 0.0394. The predicted octanol–water partition coefficient (Wildman–Crippen LogP) is 1.98. The van der Waals surface area contributed by atoms with E-state index in [2.05, 4.69) is 15.3 Å². The van der Waals surface area contributed by atoms with Gasteiger partial charge < -0.3 is 15.3 Å². The van der Waals surface area contributed by atoms with Crippen molar-refractivity contribution < 1.29 is 9.90 Å². The Hall–Kier alpha value is -2.63. The fourth-order valence-corrected chi connectivity index (χ4v) is 1.51. The molecule has 6 nitrogen and oxygen atoms in total. The Balaban J connectivity index is 2.16. The Kier molecular flexibility index (Phi) is 3.61. The lowest BCUT2D eigenvalue weighted by Crippen LogP contribution is -2.08. The molecule has 0 unspecified atom stereocenters. The van der Waals surface area contributed by atoms with E-state index in [1.54, 1.807) is 0 Å². The van der Waals surface area contributed by atoms with Gasteiger partial charge in [-0.2, -0.15) is 0 Å². The molecule has 0 radical (unpaired) electrons. The molecule has 0 saturated carbocycles. The van der Waals surface area contributed by atoms with Crippen molar-refractivity contribution in [3.05, 3.63) is 42.2 Å². The zero-order chi connectivity index (χ0) is 13.8. The number of carboxylic acid groups (broad SMARTS) is 1. The van der Waals surface area contributed by atoms with E-state index in [-0.39, 0.29) is 11.6 Å². The molecule has 2 N–H and O–H groups in total. The number of carboxylic acids is 1. The standard InChI is InChI=1S/C13H14N4O2/c1-17(2)10-5-3-9(4-6-10)15-13-14-8-7-11(16-13)12(18)19/h3-8H,1-2H3,(H,18,19)(H,14,15,16). The number of nitrogens with one attached hydrogen (secondary N) is 1. The minimum Gasteiger partial charge on any atom is -0.477 e. The molecule has 0 fully saturated rings. The fraction of sp³-hybridized carbons (Fsp3) is 0.154. The van der Waals surface area contributed by atoms with Crippen LogP contribution in [0.1, 0.15) is 10.5 Å². The van der Waals surface area contributed by atoms with Gasteiger partial charge in [-0.05, 0) is 30.3 Å². The number of rotatable bonds is 4. The highest BCUT2D eigenvalue weighted by atomic mass is 16.4. The Morgan fingerprint density at radius 3 is 2.47 bits per heavy atom. The quantitative estimate of drug-likeness (QED) is 0.873. The maximum absolute atomic E-state index is 10.8. The maximum Gasteiger partial charge on any atom is 0.354 e. The smallest absolute Gasteiger partial charge is 0.354 e. The van der Waals surface area contributed by atoms with Gasteiger partial charge in [0, 0.05) is 31.7 Å². The summed E-state index contributed by atoms with van der Waals surface area (Å²) in [6.07, 6.45) is 1.41. The number of anilines is 3. The average molecular weight is 258 g/mol. The third-order valence-corrected chi connectivity index (χ3v) is 2.51. The Bertz CT molecular complexity index is 581. The number of hydrogen-bond donors (Lipinski definition) is 2. The van der Waals surface area contributed by atoms with Crippen LogP contribution >= 0.6 is 0 Å². The van der Waals surface area contributed by atoms with Crippen molar-refractivity contribution in [3.8, 4) is 0 Å². The van der Waals surface area contributed by atoms with Crippen LogP contribution in [0.15, 0.2) is 36.5 Å². The van der Waals surface area contributed by atoms with Gasteiger partial charge in [0.05, 0.1) is 0 Å². The van der Waals surface area contributed by atoms with E-state index < -0.39 is 5.97 Å². The molecule has 0 aliphatic heterocycles. The largest absolute Gasteiger partial charge is 0.477 e. The second kappa shape index (κ2) is 5.34. The summed E-state index contributed by atoms with van der Waals surface area (Å²) < 4.78 is 0. The number of aromatic carboxylic acids is 1. The van der Waals surface area contributed by atoms with Crippen LogP contribution in [0.5, 0.6) is 0 Å². The van der Waals surface area contributed by atoms with Crippen LogP contribution in [0.4, 0.5) is 17.3 Å². The van der Waals surface area contributed by atoms with Crippen molar-refractivity contribution in [2.75, 3.05) is 24.3 Å². The number of aromatic nitrogens is 2. The van der Waals surface area contributed by atoms with E-state index in [1.807, 2.05) is 43.3 Å². The zero-order valence-electron chi connectivity index (χ0n) is 10.7. The highest BCUT2D eigenvalue weighted by Crippen LogP contribution is 2.18. The van der Waals surface area contributed by atoms with Gasteiger partial charge >= 0.3 is 5.97 Å². The number of nitrogens with zero attached hydrogens (tertiary/aromatic N) is 3. The van der Waals surface area contributed by atoms with Crippen LogP contribution in [-0.2, 0) is 0 Å². The van der Waals surface area contributed by atoms with Crippen LogP contribution in [0, 0.1) is 0 Å². The second-order valence-electron chi connectivity index (χ2n) is 4.14. The van der Waals surface area contributed by atoms with Gasteiger partial charge in [0.2, 0.25) is 5.95 Å². The molecule has 19 heavy (non-hydrogen) atoms. The molecule has 98 valence electrons. The second-order valence-corrected chi connectivity index (χ2v) is 4.14. The molecule has 0 aliphatic carbocycles. The van der Waals surface area contributed by atoms with Crippen LogP contribution in [0.2, 0.25) is 0 Å². The van der Waals surface area contributed by atoms with E-state index in [0.717, 1.165) is 11.4 Å². The maximum atomic E-state index is 10.8. The fourth-order valence-electron chi connectivity index (χ4n) is 1.51. The molecule has 0 atom stereocenters. The van der Waals surface area contributed by atoms with Gasteiger partial charge in [-0.1, -0.05) is 0 Å². The molecule has 6 heteroatoms. The summed E-state index contributed by atoms with van der Waals surface area (Å²) in [6.45, 7) is 0. The molecule has 0 spiro atoms. The molecule has 0 bridgehead atoms. The predicted molar refractivity (Wildman–Crippen MR) is 73.0 cm³/mol. The van der Waals surface area contributed by atoms with Crippen molar-refractivity contribution in [2.24, 2.45) is 0 Å². The van der Waals surface area contributed by atoms with Gasteiger partial charge in [0.15, 0.2) is 5.69 Å². The minimum atomic E-state index is -1.08. The first-order valence-corrected chi connectivity index (χ1v) is 5.67. The lowest BCUT2D eigenvalue weighted by Gasteiger charge is -2.13. The molecule has 2 aromatic rings. The molecule has 1 aromatic carbocycles. The van der Waals surface area contributed by atoms with Crippen molar-refractivity contribution in [1.82, 2.24) is 9.97 Å². The van der Waals surface area contributed by atoms with E-state index in [0.29, 0.717) is 0 Å². The number of hydrogen-bond acceptors (Lipinski definition) is 5. The summed E-state index contributed by atoms with van der Waals surface area (Å²) in [5, 5.41) is 11.8. The van der Waals surface area contributed by atoms with E-state index in [9.17, 15) is 4.79 Å². The van der Waals surface area contributed by atoms with E-state index >= 15 is 0 Å². The molecule has 0 amide bonds. The van der Waals surface area contributed by atoms with Gasteiger partial charge in [-0.15, -0.1) is 0 Å². The van der Waals surface area contributed by atoms with Crippen molar-refractivity contribution >= 4 is 23.3 Å². The lowest BCUT2D eigenvalue weighted by atomic mass is 10.2. The number of benzene rings is 1. The van der Waals surface area contributed by atoms with Crippen LogP contribution < -0.4 is 10.2 Å². The highest BCUT2D eigenvalue weighted by molar-refractivity contribution is 5.85. The summed E-state index contributed by atoms with van der Waals surface area (Å²) in [4.78, 5) is 20.7. The van der Waals surface area contributed by atoms with Crippen LogP contribution in [0.25, 0.3) is 0 Å². The number of carbonyl (C=O) groups is 1. The molecular formula is C13H14N4O2. The van der Waals surface area contributed by atoms with Crippen LogP contribution in [0.3, 0.4) is 0 Å². The molecule has 2 rings (SSSR count). The van der Waals surface area contributed by atoms with E-state index in [1.165, 1.54) is 12.3 Å². The Morgan fingerprint density at radius 1 is 1.21 bits per heavy atom. The van der Waals surface area contributed by atoms with Crippen molar-refractivity contribution in [1.29, 1.82) is 0 Å². The first-order valence-electron chi connectivity index (χ1n) is 5.67. The van der Waals surface area contributed by atoms with Gasteiger partial charge in [0.25, 0.3) is 0 Å². The van der Waals surface area contributed by atoms with Crippen LogP contribution in [-0.4, -0.2) is 35.1 Å². The lowest BCUT2D eigenvalue weighted by molar-refractivity contribution is 0.0690. The molecule has 0 aliphatic rings. The monoisotopic (exact) mass is 258 g/mol. The summed E-state index contributed by atoms with van der Waals surface area (Å²) in [5.41, 5.74) is 1.83.